The highest BCUT2D eigenvalue weighted by Crippen LogP contribution is 2.31. The number of nitrogens with two attached hydrogens (primary N) is 1. The van der Waals surface area contributed by atoms with E-state index in [1.165, 1.54) is 24.3 Å². The Morgan fingerprint density at radius 2 is 1.70 bits per heavy atom. The van der Waals surface area contributed by atoms with Crippen molar-refractivity contribution in [3.05, 3.63) is 56.8 Å². The standard InChI is InChI=1S/C13H8Cl3FN2O/c14-7-2-1-3-10(17)11(7)13(20)19-6-4-8(15)12(18)9(16)5-6/h1-5H,18H2,(H,19,20). The van der Waals surface area contributed by atoms with Crippen LogP contribution < -0.4 is 11.1 Å². The summed E-state index contributed by atoms with van der Waals surface area (Å²) in [6.07, 6.45) is 0. The maximum absolute atomic E-state index is 13.6. The summed E-state index contributed by atoms with van der Waals surface area (Å²) in [5, 5.41) is 2.85. The van der Waals surface area contributed by atoms with E-state index in [9.17, 15) is 9.18 Å². The first-order valence-electron chi connectivity index (χ1n) is 5.40. The minimum Gasteiger partial charge on any atom is -0.396 e. The lowest BCUT2D eigenvalue weighted by Gasteiger charge is -2.10. The molecule has 0 bridgehead atoms. The van der Waals surface area contributed by atoms with Gasteiger partial charge in [0.05, 0.1) is 26.3 Å². The fourth-order valence-electron chi connectivity index (χ4n) is 1.56. The van der Waals surface area contributed by atoms with Crippen LogP contribution in [-0.4, -0.2) is 5.91 Å². The average molecular weight is 334 g/mol. The molecule has 0 aliphatic carbocycles. The topological polar surface area (TPSA) is 55.1 Å². The van der Waals surface area contributed by atoms with Crippen LogP contribution in [0, 0.1) is 5.82 Å². The Morgan fingerprint density at radius 3 is 2.25 bits per heavy atom. The van der Waals surface area contributed by atoms with E-state index in [1.54, 1.807) is 0 Å². The number of nitrogen functional groups attached to an aromatic ring is 1. The van der Waals surface area contributed by atoms with Gasteiger partial charge in [-0.15, -0.1) is 0 Å². The van der Waals surface area contributed by atoms with Crippen molar-refractivity contribution in [3.63, 3.8) is 0 Å². The Hall–Kier alpha value is -1.49. The fourth-order valence-corrected chi connectivity index (χ4v) is 2.30. The first-order chi connectivity index (χ1) is 9.40. The molecule has 0 fully saturated rings. The molecule has 0 aliphatic heterocycles. The zero-order chi connectivity index (χ0) is 14.9. The molecule has 2 aromatic carbocycles. The maximum Gasteiger partial charge on any atom is 0.260 e. The SMILES string of the molecule is Nc1c(Cl)cc(NC(=O)c2c(F)cccc2Cl)cc1Cl. The van der Waals surface area contributed by atoms with Gasteiger partial charge in [-0.25, -0.2) is 4.39 Å². The van der Waals surface area contributed by atoms with Gasteiger partial charge in [0, 0.05) is 5.69 Å². The molecule has 0 saturated carbocycles. The number of benzene rings is 2. The third-order valence-electron chi connectivity index (χ3n) is 2.53. The highest BCUT2D eigenvalue weighted by molar-refractivity contribution is 6.39. The monoisotopic (exact) mass is 332 g/mol. The Morgan fingerprint density at radius 1 is 1.10 bits per heavy atom. The van der Waals surface area contributed by atoms with Gasteiger partial charge in [0.25, 0.3) is 5.91 Å². The van der Waals surface area contributed by atoms with Crippen LogP contribution in [0.4, 0.5) is 15.8 Å². The minimum atomic E-state index is -0.720. The van der Waals surface area contributed by atoms with Crippen LogP contribution in [-0.2, 0) is 0 Å². The molecule has 0 unspecified atom stereocenters. The molecule has 0 aliphatic rings. The summed E-state index contributed by atoms with van der Waals surface area (Å²) in [5.41, 5.74) is 5.83. The Balaban J connectivity index is 2.33. The second-order valence-electron chi connectivity index (χ2n) is 3.90. The predicted molar refractivity (Wildman–Crippen MR) is 80.2 cm³/mol. The number of hydrogen-bond acceptors (Lipinski definition) is 2. The van der Waals surface area contributed by atoms with Crippen molar-refractivity contribution in [2.24, 2.45) is 0 Å². The molecule has 0 spiro atoms. The number of halogens is 4. The van der Waals surface area contributed by atoms with E-state index in [0.717, 1.165) is 6.07 Å². The first-order valence-corrected chi connectivity index (χ1v) is 6.53. The molecule has 7 heteroatoms. The summed E-state index contributed by atoms with van der Waals surface area (Å²) in [7, 11) is 0. The summed E-state index contributed by atoms with van der Waals surface area (Å²) in [6, 6.07) is 6.79. The van der Waals surface area contributed by atoms with E-state index in [0.29, 0.717) is 5.69 Å². The van der Waals surface area contributed by atoms with E-state index in [-0.39, 0.29) is 26.3 Å². The van der Waals surface area contributed by atoms with Gasteiger partial charge in [-0.05, 0) is 24.3 Å². The fraction of sp³-hybridized carbons (Fsp3) is 0. The van der Waals surface area contributed by atoms with Gasteiger partial charge in [0.15, 0.2) is 0 Å². The molecule has 2 rings (SSSR count). The zero-order valence-electron chi connectivity index (χ0n) is 9.88. The average Bonchev–Trinajstić information content (AvgIpc) is 2.35. The molecule has 2 aromatic rings. The van der Waals surface area contributed by atoms with E-state index in [2.05, 4.69) is 5.32 Å². The van der Waals surface area contributed by atoms with Gasteiger partial charge in [0.2, 0.25) is 0 Å². The minimum absolute atomic E-state index is 0.00939. The summed E-state index contributed by atoms with van der Waals surface area (Å²) < 4.78 is 13.6. The quantitative estimate of drug-likeness (QED) is 0.788. The largest absolute Gasteiger partial charge is 0.396 e. The summed E-state index contributed by atoms with van der Waals surface area (Å²) >= 11 is 17.5. The van der Waals surface area contributed by atoms with Gasteiger partial charge in [-0.3, -0.25) is 4.79 Å². The maximum atomic E-state index is 13.6. The molecular formula is C13H8Cl3FN2O. The first kappa shape index (κ1) is 14.9. The third-order valence-corrected chi connectivity index (χ3v) is 3.47. The van der Waals surface area contributed by atoms with E-state index < -0.39 is 11.7 Å². The number of carbonyl (C=O) groups excluding carboxylic acids is 1. The lowest BCUT2D eigenvalue weighted by atomic mass is 10.2. The van der Waals surface area contributed by atoms with Crippen LogP contribution in [0.1, 0.15) is 10.4 Å². The third kappa shape index (κ3) is 2.98. The molecule has 3 nitrogen and oxygen atoms in total. The van der Waals surface area contributed by atoms with Gasteiger partial charge >= 0.3 is 0 Å². The number of carbonyl (C=O) groups is 1. The van der Waals surface area contributed by atoms with Gasteiger partial charge in [0.1, 0.15) is 5.82 Å². The number of rotatable bonds is 2. The van der Waals surface area contributed by atoms with Crippen LogP contribution in [0.25, 0.3) is 0 Å². The van der Waals surface area contributed by atoms with Gasteiger partial charge in [-0.1, -0.05) is 40.9 Å². The van der Waals surface area contributed by atoms with E-state index in [4.69, 9.17) is 40.5 Å². The molecule has 1 amide bonds. The van der Waals surface area contributed by atoms with Crippen molar-refractivity contribution >= 4 is 52.1 Å². The van der Waals surface area contributed by atoms with Crippen molar-refractivity contribution in [2.45, 2.75) is 0 Å². The van der Waals surface area contributed by atoms with Crippen molar-refractivity contribution in [1.82, 2.24) is 0 Å². The molecule has 0 radical (unpaired) electrons. The summed E-state index contributed by atoms with van der Waals surface area (Å²) in [5.74, 6) is -1.42. The highest BCUT2D eigenvalue weighted by Gasteiger charge is 2.16. The van der Waals surface area contributed by atoms with Crippen molar-refractivity contribution in [2.75, 3.05) is 11.1 Å². The number of amides is 1. The Labute approximate surface area is 129 Å². The lowest BCUT2D eigenvalue weighted by molar-refractivity contribution is 0.102. The van der Waals surface area contributed by atoms with Crippen molar-refractivity contribution in [1.29, 1.82) is 0 Å². The van der Waals surface area contributed by atoms with Crippen LogP contribution >= 0.6 is 34.8 Å². The second-order valence-corrected chi connectivity index (χ2v) is 5.13. The molecule has 0 saturated heterocycles. The van der Waals surface area contributed by atoms with E-state index >= 15 is 0 Å². The zero-order valence-corrected chi connectivity index (χ0v) is 12.2. The Bertz CT molecular complexity index is 648. The number of anilines is 2. The second kappa shape index (κ2) is 5.87. The van der Waals surface area contributed by atoms with Gasteiger partial charge in [-0.2, -0.15) is 0 Å². The molecule has 0 heterocycles. The number of nitrogens with one attached hydrogen (secondary N) is 1. The molecule has 0 atom stereocenters. The molecule has 20 heavy (non-hydrogen) atoms. The van der Waals surface area contributed by atoms with Crippen LogP contribution in [0.2, 0.25) is 15.1 Å². The van der Waals surface area contributed by atoms with Gasteiger partial charge < -0.3 is 11.1 Å². The van der Waals surface area contributed by atoms with Crippen molar-refractivity contribution < 1.29 is 9.18 Å². The highest BCUT2D eigenvalue weighted by atomic mass is 35.5. The smallest absolute Gasteiger partial charge is 0.260 e. The van der Waals surface area contributed by atoms with Crippen molar-refractivity contribution in [3.8, 4) is 0 Å². The Kier molecular flexibility index (Phi) is 4.38. The lowest BCUT2D eigenvalue weighted by Crippen LogP contribution is -2.14. The summed E-state index contributed by atoms with van der Waals surface area (Å²) in [6.45, 7) is 0. The van der Waals surface area contributed by atoms with Crippen LogP contribution in [0.15, 0.2) is 30.3 Å². The molecule has 3 N–H and O–H groups in total. The molecule has 104 valence electrons. The normalized spacial score (nSPS) is 10.4. The van der Waals surface area contributed by atoms with Crippen LogP contribution in [0.5, 0.6) is 0 Å². The molecular weight excluding hydrogens is 326 g/mol. The summed E-state index contributed by atoms with van der Waals surface area (Å²) in [4.78, 5) is 12.0. The van der Waals surface area contributed by atoms with E-state index in [1.807, 2.05) is 0 Å². The predicted octanol–water partition coefficient (Wildman–Crippen LogP) is 4.62. The molecule has 0 aromatic heterocycles. The number of hydrogen-bond donors (Lipinski definition) is 2. The van der Waals surface area contributed by atoms with Crippen LogP contribution in [0.3, 0.4) is 0 Å².